The van der Waals surface area contributed by atoms with Crippen LogP contribution in [0, 0.1) is 6.92 Å². The fourth-order valence-corrected chi connectivity index (χ4v) is 2.65. The topological polar surface area (TPSA) is 24.9 Å². The van der Waals surface area contributed by atoms with Crippen LogP contribution in [0.3, 0.4) is 0 Å². The van der Waals surface area contributed by atoms with Gasteiger partial charge < -0.3 is 5.32 Å². The molecule has 0 aliphatic rings. The zero-order chi connectivity index (χ0) is 14.5. The van der Waals surface area contributed by atoms with Gasteiger partial charge in [-0.3, -0.25) is 4.98 Å². The van der Waals surface area contributed by atoms with Crippen molar-refractivity contribution in [3.8, 4) is 0 Å². The van der Waals surface area contributed by atoms with Crippen LogP contribution in [0.25, 0.3) is 0 Å². The average Bonchev–Trinajstić information content (AvgIpc) is 2.40. The molecule has 1 N–H and O–H groups in total. The van der Waals surface area contributed by atoms with Crippen molar-refractivity contribution in [3.63, 3.8) is 0 Å². The van der Waals surface area contributed by atoms with Crippen molar-refractivity contribution in [2.75, 3.05) is 6.54 Å². The molecular formula is C16H18Cl2N2. The Balaban J connectivity index is 2.38. The zero-order valence-electron chi connectivity index (χ0n) is 11.7. The van der Waals surface area contributed by atoms with Gasteiger partial charge in [-0.2, -0.15) is 0 Å². The monoisotopic (exact) mass is 308 g/mol. The van der Waals surface area contributed by atoms with E-state index >= 15 is 0 Å². The Morgan fingerprint density at radius 2 is 1.80 bits per heavy atom. The largest absolute Gasteiger partial charge is 0.306 e. The summed E-state index contributed by atoms with van der Waals surface area (Å²) in [7, 11) is 0. The first kappa shape index (κ1) is 15.3. The minimum absolute atomic E-state index is 0.0549. The number of nitrogens with one attached hydrogen (secondary N) is 1. The van der Waals surface area contributed by atoms with Crippen LogP contribution in [0.2, 0.25) is 10.0 Å². The van der Waals surface area contributed by atoms with Crippen LogP contribution in [0.1, 0.15) is 36.2 Å². The highest BCUT2D eigenvalue weighted by atomic mass is 35.5. The van der Waals surface area contributed by atoms with E-state index in [1.54, 1.807) is 6.07 Å². The quantitative estimate of drug-likeness (QED) is 0.859. The first-order valence-corrected chi connectivity index (χ1v) is 7.47. The van der Waals surface area contributed by atoms with Crippen molar-refractivity contribution in [2.24, 2.45) is 0 Å². The van der Waals surface area contributed by atoms with E-state index < -0.39 is 0 Å². The minimum Gasteiger partial charge on any atom is -0.306 e. The van der Waals surface area contributed by atoms with Gasteiger partial charge in [0.25, 0.3) is 0 Å². The molecule has 1 aromatic carbocycles. The summed E-state index contributed by atoms with van der Waals surface area (Å²) in [6.07, 6.45) is 2.96. The third kappa shape index (κ3) is 3.95. The standard InChI is InChI=1S/C16H18Cl2N2/c1-3-6-19-16(12-5-4-11(2)20-10-12)13-7-14(17)9-15(18)8-13/h4-5,7-10,16,19H,3,6H2,1-2H3. The first-order chi connectivity index (χ1) is 9.60. The highest BCUT2D eigenvalue weighted by Crippen LogP contribution is 2.27. The van der Waals surface area contributed by atoms with Crippen LogP contribution >= 0.6 is 23.2 Å². The molecule has 0 saturated heterocycles. The normalized spacial score (nSPS) is 12.4. The van der Waals surface area contributed by atoms with Crippen LogP contribution in [0.5, 0.6) is 0 Å². The van der Waals surface area contributed by atoms with Crippen molar-refractivity contribution in [2.45, 2.75) is 26.3 Å². The average molecular weight is 309 g/mol. The first-order valence-electron chi connectivity index (χ1n) is 6.72. The van der Waals surface area contributed by atoms with E-state index in [4.69, 9.17) is 23.2 Å². The van der Waals surface area contributed by atoms with Crippen LogP contribution in [0.4, 0.5) is 0 Å². The van der Waals surface area contributed by atoms with Gasteiger partial charge >= 0.3 is 0 Å². The van der Waals surface area contributed by atoms with Gasteiger partial charge in [0.15, 0.2) is 0 Å². The molecule has 4 heteroatoms. The van der Waals surface area contributed by atoms with Gasteiger partial charge in [0.2, 0.25) is 0 Å². The lowest BCUT2D eigenvalue weighted by Gasteiger charge is -2.20. The Labute approximate surface area is 130 Å². The lowest BCUT2D eigenvalue weighted by atomic mass is 10.00. The molecular weight excluding hydrogens is 291 g/mol. The number of aryl methyl sites for hydroxylation is 1. The maximum absolute atomic E-state index is 6.11. The van der Waals surface area contributed by atoms with Crippen LogP contribution < -0.4 is 5.32 Å². The molecule has 0 amide bonds. The Hall–Kier alpha value is -1.09. The van der Waals surface area contributed by atoms with Crippen molar-refractivity contribution in [3.05, 3.63) is 63.4 Å². The summed E-state index contributed by atoms with van der Waals surface area (Å²) in [4.78, 5) is 4.37. The lowest BCUT2D eigenvalue weighted by Crippen LogP contribution is -2.23. The molecule has 0 radical (unpaired) electrons. The van der Waals surface area contributed by atoms with Crippen molar-refractivity contribution in [1.82, 2.24) is 10.3 Å². The number of pyridine rings is 1. The predicted octanol–water partition coefficient (Wildman–Crippen LogP) is 4.79. The Bertz CT molecular complexity index is 547. The number of rotatable bonds is 5. The molecule has 1 unspecified atom stereocenters. The second kappa shape index (κ2) is 7.07. The van der Waals surface area contributed by atoms with E-state index in [9.17, 15) is 0 Å². The molecule has 1 heterocycles. The molecule has 2 nitrogen and oxygen atoms in total. The third-order valence-electron chi connectivity index (χ3n) is 3.08. The van der Waals surface area contributed by atoms with Crippen molar-refractivity contribution < 1.29 is 0 Å². The van der Waals surface area contributed by atoms with E-state index in [1.807, 2.05) is 31.3 Å². The van der Waals surface area contributed by atoms with Gasteiger partial charge in [-0.25, -0.2) is 0 Å². The van der Waals surface area contributed by atoms with Gasteiger partial charge in [0, 0.05) is 21.9 Å². The van der Waals surface area contributed by atoms with E-state index in [0.29, 0.717) is 10.0 Å². The van der Waals surface area contributed by atoms with Gasteiger partial charge in [-0.05, 0) is 55.3 Å². The summed E-state index contributed by atoms with van der Waals surface area (Å²) in [6.45, 7) is 5.04. The van der Waals surface area contributed by atoms with E-state index in [0.717, 1.165) is 29.8 Å². The smallest absolute Gasteiger partial charge is 0.0593 e. The predicted molar refractivity (Wildman–Crippen MR) is 85.6 cm³/mol. The maximum Gasteiger partial charge on any atom is 0.0593 e. The fraction of sp³-hybridized carbons (Fsp3) is 0.312. The van der Waals surface area contributed by atoms with Crippen LogP contribution in [-0.4, -0.2) is 11.5 Å². The van der Waals surface area contributed by atoms with Crippen molar-refractivity contribution >= 4 is 23.2 Å². The summed E-state index contributed by atoms with van der Waals surface area (Å²) in [5.41, 5.74) is 3.18. The molecule has 0 aliphatic heterocycles. The summed E-state index contributed by atoms with van der Waals surface area (Å²) in [5, 5.41) is 4.82. The SMILES string of the molecule is CCCNC(c1ccc(C)nc1)c1cc(Cl)cc(Cl)c1. The molecule has 106 valence electrons. The van der Waals surface area contributed by atoms with Crippen LogP contribution in [0.15, 0.2) is 36.5 Å². The molecule has 0 aliphatic carbocycles. The highest BCUT2D eigenvalue weighted by Gasteiger charge is 2.15. The Kier molecular flexibility index (Phi) is 5.41. The van der Waals surface area contributed by atoms with Gasteiger partial charge in [0.1, 0.15) is 0 Å². The van der Waals surface area contributed by atoms with E-state index in [-0.39, 0.29) is 6.04 Å². The Morgan fingerprint density at radius 1 is 1.10 bits per heavy atom. The third-order valence-corrected chi connectivity index (χ3v) is 3.52. The van der Waals surface area contributed by atoms with Gasteiger partial charge in [-0.15, -0.1) is 0 Å². The molecule has 0 spiro atoms. The summed E-state index contributed by atoms with van der Waals surface area (Å²) >= 11 is 12.2. The molecule has 0 bridgehead atoms. The minimum atomic E-state index is 0.0549. The number of hydrogen-bond donors (Lipinski definition) is 1. The summed E-state index contributed by atoms with van der Waals surface area (Å²) in [6, 6.07) is 9.80. The number of nitrogens with zero attached hydrogens (tertiary/aromatic N) is 1. The number of hydrogen-bond acceptors (Lipinski definition) is 2. The molecule has 20 heavy (non-hydrogen) atoms. The number of benzene rings is 1. The number of halogens is 2. The second-order valence-corrected chi connectivity index (χ2v) is 5.70. The fourth-order valence-electron chi connectivity index (χ4n) is 2.11. The molecule has 0 saturated carbocycles. The summed E-state index contributed by atoms with van der Waals surface area (Å²) in [5.74, 6) is 0. The van der Waals surface area contributed by atoms with Crippen molar-refractivity contribution in [1.29, 1.82) is 0 Å². The maximum atomic E-state index is 6.11. The molecule has 1 atom stereocenters. The van der Waals surface area contributed by atoms with E-state index in [2.05, 4.69) is 23.3 Å². The Morgan fingerprint density at radius 3 is 2.35 bits per heavy atom. The summed E-state index contributed by atoms with van der Waals surface area (Å²) < 4.78 is 0. The molecule has 2 aromatic rings. The molecule has 2 rings (SSSR count). The number of aromatic nitrogens is 1. The lowest BCUT2D eigenvalue weighted by molar-refractivity contribution is 0.597. The molecule has 0 fully saturated rings. The molecule has 1 aromatic heterocycles. The van der Waals surface area contributed by atoms with Gasteiger partial charge in [0.05, 0.1) is 6.04 Å². The zero-order valence-corrected chi connectivity index (χ0v) is 13.2. The highest BCUT2D eigenvalue weighted by molar-refractivity contribution is 6.34. The van der Waals surface area contributed by atoms with Gasteiger partial charge in [-0.1, -0.05) is 36.2 Å². The van der Waals surface area contributed by atoms with E-state index in [1.165, 1.54) is 0 Å². The second-order valence-electron chi connectivity index (χ2n) is 4.82. The van der Waals surface area contributed by atoms with Crippen LogP contribution in [-0.2, 0) is 0 Å².